The Morgan fingerprint density at radius 1 is 1.78 bits per heavy atom. The van der Waals surface area contributed by atoms with Crippen LogP contribution in [0.2, 0.25) is 0 Å². The van der Waals surface area contributed by atoms with Crippen LogP contribution in [0.3, 0.4) is 0 Å². The van der Waals surface area contributed by atoms with Gasteiger partial charge < -0.3 is 0 Å². The fourth-order valence-corrected chi connectivity index (χ4v) is 2.72. The van der Waals surface area contributed by atoms with E-state index in [1.165, 1.54) is 0 Å². The van der Waals surface area contributed by atoms with Crippen LogP contribution in [0.4, 0.5) is 0 Å². The smallest absolute Gasteiger partial charge is 0.278 e. The third-order valence-corrected chi connectivity index (χ3v) is 3.06. The molecule has 9 heavy (non-hydrogen) atoms. The molecule has 2 unspecified atom stereocenters. The molecule has 0 fully saturated rings. The van der Waals surface area contributed by atoms with E-state index >= 15 is 0 Å². The summed E-state index contributed by atoms with van der Waals surface area (Å²) >= 11 is 0. The molecule has 54 valence electrons. The predicted molar refractivity (Wildman–Crippen MR) is 42.1 cm³/mol. The summed E-state index contributed by atoms with van der Waals surface area (Å²) in [5, 5.41) is 0. The van der Waals surface area contributed by atoms with Gasteiger partial charge in [0.25, 0.3) is 0 Å². The van der Waals surface area contributed by atoms with Gasteiger partial charge >= 0.3 is 9.74 Å². The lowest BCUT2D eigenvalue weighted by Crippen LogP contribution is -1.80. The Kier molecular flexibility index (Phi) is 5.04. The third kappa shape index (κ3) is 8.83. The van der Waals surface area contributed by atoms with E-state index in [9.17, 15) is 8.42 Å². The molecule has 0 aliphatic rings. The molecule has 0 aliphatic carbocycles. The van der Waals surface area contributed by atoms with Crippen molar-refractivity contribution in [3.8, 4) is 0 Å². The Morgan fingerprint density at radius 3 is 2.67 bits per heavy atom. The van der Waals surface area contributed by atoms with Crippen molar-refractivity contribution in [2.75, 3.05) is 0 Å². The van der Waals surface area contributed by atoms with Crippen molar-refractivity contribution >= 4 is 35.6 Å². The van der Waals surface area contributed by atoms with E-state index in [-0.39, 0.29) is 16.5 Å². The zero-order valence-corrected chi connectivity index (χ0v) is 8.01. The molecular formula is H5N2O3P3S. The molecule has 0 bridgehead atoms. The molecule has 9 heteroatoms. The first-order valence-electron chi connectivity index (χ1n) is 1.66. The average Bonchev–Trinajstić information content (AvgIpc) is 1.63. The summed E-state index contributed by atoms with van der Waals surface area (Å²) in [6, 6.07) is 0. The van der Waals surface area contributed by atoms with Crippen LogP contribution < -0.4 is 4.86 Å². The first-order chi connectivity index (χ1) is 4.06. The highest BCUT2D eigenvalue weighted by molar-refractivity contribution is 8.37. The summed E-state index contributed by atoms with van der Waals surface area (Å²) in [5.74, 6) is 0. The molecule has 2 atom stereocenters. The van der Waals surface area contributed by atoms with Gasteiger partial charge in [-0.25, -0.2) is 4.52 Å². The third-order valence-electron chi connectivity index (χ3n) is 0.259. The Balaban J connectivity index is 3.73. The van der Waals surface area contributed by atoms with E-state index in [2.05, 4.69) is 18.8 Å². The number of hydrogen-bond acceptors (Lipinski definition) is 4. The molecule has 0 aromatic heterocycles. The second kappa shape index (κ2) is 4.62. The quantitative estimate of drug-likeness (QED) is 0.528. The highest BCUT2D eigenvalue weighted by Crippen LogP contribution is 2.19. The molecular weight excluding hydrogens is 201 g/mol. The summed E-state index contributed by atoms with van der Waals surface area (Å²) in [4.78, 5) is 2.54. The minimum atomic E-state index is -3.93. The number of hydrogen-bond donors (Lipinski definition) is 2. The van der Waals surface area contributed by atoms with Gasteiger partial charge in [0.05, 0.1) is 8.88 Å². The van der Waals surface area contributed by atoms with Crippen molar-refractivity contribution < 1.29 is 13.0 Å². The topological polar surface area (TPSA) is 78.8 Å². The van der Waals surface area contributed by atoms with Crippen molar-refractivity contribution in [3.63, 3.8) is 0 Å². The van der Waals surface area contributed by atoms with Crippen LogP contribution in [-0.4, -0.2) is 13.0 Å². The zero-order valence-electron chi connectivity index (χ0n) is 4.14. The van der Waals surface area contributed by atoms with Gasteiger partial charge in [-0.3, -0.25) is 9.41 Å². The summed E-state index contributed by atoms with van der Waals surface area (Å²) < 4.78 is 31.3. The van der Waals surface area contributed by atoms with E-state index in [0.717, 1.165) is 0 Å². The zero-order chi connectivity index (χ0) is 7.33. The van der Waals surface area contributed by atoms with Gasteiger partial charge in [0.15, 0.2) is 7.57 Å². The van der Waals surface area contributed by atoms with E-state index in [4.69, 9.17) is 4.55 Å². The highest BCUT2D eigenvalue weighted by atomic mass is 32.8. The molecule has 2 N–H and O–H groups in total. The van der Waals surface area contributed by atoms with E-state index in [1.54, 1.807) is 0 Å². The number of rotatable bonds is 3. The normalized spacial score (nSPS) is 14.0. The predicted octanol–water partition coefficient (Wildman–Crippen LogP) is 0.807. The second-order valence-electron chi connectivity index (χ2n) is 0.886. The summed E-state index contributed by atoms with van der Waals surface area (Å²) in [7, 11) is -2.11. The van der Waals surface area contributed by atoms with Crippen LogP contribution in [-0.2, 0) is 9.74 Å². The molecule has 0 radical (unpaired) electrons. The maximum Gasteiger partial charge on any atom is 0.327 e. The highest BCUT2D eigenvalue weighted by Gasteiger charge is 1.95. The van der Waals surface area contributed by atoms with Crippen molar-refractivity contribution in [2.45, 2.75) is 0 Å². The SMILES string of the molecule is O=S(=O)(O)P=NPNP. The van der Waals surface area contributed by atoms with Gasteiger partial charge in [0.1, 0.15) is 0 Å². The lowest BCUT2D eigenvalue weighted by Gasteiger charge is -1.84. The standard InChI is InChI=1S/H5N2O3P3S/c3-9(4,5)8-2-7-1-6/h1,7H,6H2,(H,3,4,5). The van der Waals surface area contributed by atoms with Gasteiger partial charge in [-0.2, -0.15) is 8.42 Å². The fraction of sp³-hybridized carbons (Fsp3) is 0. The van der Waals surface area contributed by atoms with E-state index in [0.29, 0.717) is 0 Å². The summed E-state index contributed by atoms with van der Waals surface area (Å²) in [6.07, 6.45) is 0. The summed E-state index contributed by atoms with van der Waals surface area (Å²) in [5.41, 5.74) is 0. The van der Waals surface area contributed by atoms with Crippen molar-refractivity contribution in [2.24, 2.45) is 4.52 Å². The second-order valence-corrected chi connectivity index (χ2v) is 6.00. The van der Waals surface area contributed by atoms with Gasteiger partial charge in [-0.05, 0) is 0 Å². The Labute approximate surface area is 58.5 Å². The van der Waals surface area contributed by atoms with E-state index in [1.807, 2.05) is 0 Å². The average molecular weight is 206 g/mol. The first kappa shape index (κ1) is 9.83. The molecule has 0 rings (SSSR count). The maximum absolute atomic E-state index is 9.93. The molecule has 0 spiro atoms. The number of nitrogens with zero attached hydrogens (tertiary/aromatic N) is 1. The van der Waals surface area contributed by atoms with Crippen molar-refractivity contribution in [1.29, 1.82) is 0 Å². The molecule has 0 amide bonds. The molecule has 0 aromatic rings. The van der Waals surface area contributed by atoms with Gasteiger partial charge in [0.2, 0.25) is 0 Å². The largest absolute Gasteiger partial charge is 0.327 e. The van der Waals surface area contributed by atoms with Crippen LogP contribution >= 0.6 is 25.8 Å². The lowest BCUT2D eigenvalue weighted by atomic mass is 13.8. The Bertz CT molecular complexity index is 183. The maximum atomic E-state index is 9.93. The van der Waals surface area contributed by atoms with Gasteiger partial charge in [-0.1, -0.05) is 9.39 Å². The Morgan fingerprint density at radius 2 is 2.33 bits per heavy atom. The number of nitrogens with one attached hydrogen (secondary N) is 1. The van der Waals surface area contributed by atoms with Crippen molar-refractivity contribution in [1.82, 2.24) is 4.86 Å². The minimum Gasteiger partial charge on any atom is -0.278 e. The van der Waals surface area contributed by atoms with Crippen LogP contribution in [0.25, 0.3) is 0 Å². The molecule has 0 heterocycles. The first-order valence-corrected chi connectivity index (χ1v) is 6.08. The van der Waals surface area contributed by atoms with E-state index < -0.39 is 9.74 Å². The molecule has 0 aliphatic heterocycles. The van der Waals surface area contributed by atoms with Crippen molar-refractivity contribution in [3.05, 3.63) is 0 Å². The lowest BCUT2D eigenvalue weighted by molar-refractivity contribution is 0.502. The van der Waals surface area contributed by atoms with Crippen LogP contribution in [0.5, 0.6) is 0 Å². The summed E-state index contributed by atoms with van der Waals surface area (Å²) in [6.45, 7) is 0. The molecule has 0 saturated carbocycles. The molecule has 0 saturated heterocycles. The van der Waals surface area contributed by atoms with Crippen LogP contribution in [0.15, 0.2) is 4.52 Å². The van der Waals surface area contributed by atoms with Crippen LogP contribution in [0.1, 0.15) is 0 Å². The Hall–Kier alpha value is 0.830. The minimum absolute atomic E-state index is 0.0251. The monoisotopic (exact) mass is 206 g/mol. The molecule has 0 aromatic carbocycles. The van der Waals surface area contributed by atoms with Gasteiger partial charge in [-0.15, -0.1) is 0 Å². The van der Waals surface area contributed by atoms with Crippen LogP contribution in [0, 0.1) is 0 Å². The molecule has 5 nitrogen and oxygen atoms in total. The fourth-order valence-electron chi connectivity index (χ4n) is 0.101. The van der Waals surface area contributed by atoms with Gasteiger partial charge in [0, 0.05) is 0 Å².